The Bertz CT molecular complexity index is 657. The molecule has 1 aromatic heterocycles. The number of piperazine rings is 1. The SMILES string of the molecule is CCOC(=O)N1CC[NH+](Cc2c(C)[nH]c3ccccc23)CC1. The Balaban J connectivity index is 1.65. The molecule has 1 aromatic carbocycles. The van der Waals surface area contributed by atoms with Gasteiger partial charge in [-0.1, -0.05) is 18.2 Å². The summed E-state index contributed by atoms with van der Waals surface area (Å²) in [6, 6.07) is 8.46. The van der Waals surface area contributed by atoms with Crippen LogP contribution in [0, 0.1) is 6.92 Å². The van der Waals surface area contributed by atoms with E-state index < -0.39 is 0 Å². The van der Waals surface area contributed by atoms with Crippen molar-refractivity contribution < 1.29 is 14.4 Å². The van der Waals surface area contributed by atoms with Crippen LogP contribution >= 0.6 is 0 Å². The number of aromatic nitrogens is 1. The number of quaternary nitrogens is 1. The number of rotatable bonds is 3. The van der Waals surface area contributed by atoms with Crippen LogP contribution in [-0.4, -0.2) is 48.8 Å². The molecular weight excluding hydrogens is 278 g/mol. The van der Waals surface area contributed by atoms with Gasteiger partial charge in [0.05, 0.1) is 32.8 Å². The Morgan fingerprint density at radius 2 is 2.05 bits per heavy atom. The lowest BCUT2D eigenvalue weighted by molar-refractivity contribution is -0.917. The number of para-hydroxylation sites is 1. The number of aromatic amines is 1. The van der Waals surface area contributed by atoms with E-state index in [4.69, 9.17) is 4.74 Å². The van der Waals surface area contributed by atoms with Crippen LogP contribution in [0.25, 0.3) is 10.9 Å². The number of ether oxygens (including phenoxy) is 1. The molecule has 5 heteroatoms. The Labute approximate surface area is 130 Å². The zero-order valence-electron chi connectivity index (χ0n) is 13.3. The first-order valence-corrected chi connectivity index (χ1v) is 8.00. The molecule has 1 amide bonds. The fourth-order valence-electron chi connectivity index (χ4n) is 3.21. The van der Waals surface area contributed by atoms with Crippen LogP contribution in [0.3, 0.4) is 0 Å². The summed E-state index contributed by atoms with van der Waals surface area (Å²) < 4.78 is 5.07. The van der Waals surface area contributed by atoms with Gasteiger partial charge in [-0.2, -0.15) is 0 Å². The van der Waals surface area contributed by atoms with Gasteiger partial charge in [-0.3, -0.25) is 4.90 Å². The minimum Gasteiger partial charge on any atom is -0.450 e. The molecule has 2 N–H and O–H groups in total. The monoisotopic (exact) mass is 302 g/mol. The highest BCUT2D eigenvalue weighted by Crippen LogP contribution is 2.20. The molecule has 22 heavy (non-hydrogen) atoms. The standard InChI is InChI=1S/C17H23N3O2/c1-3-22-17(21)20-10-8-19(9-11-20)12-15-13(2)18-16-7-5-4-6-14(15)16/h4-7,18H,3,8-12H2,1-2H3/p+1. The highest BCUT2D eigenvalue weighted by Gasteiger charge is 2.25. The van der Waals surface area contributed by atoms with E-state index in [-0.39, 0.29) is 6.09 Å². The van der Waals surface area contributed by atoms with Crippen molar-refractivity contribution in [3.63, 3.8) is 0 Å². The molecule has 0 radical (unpaired) electrons. The first-order chi connectivity index (χ1) is 10.7. The van der Waals surface area contributed by atoms with E-state index in [9.17, 15) is 4.79 Å². The maximum Gasteiger partial charge on any atom is 0.410 e. The van der Waals surface area contributed by atoms with E-state index in [1.54, 1.807) is 0 Å². The molecule has 3 rings (SSSR count). The van der Waals surface area contributed by atoms with Gasteiger partial charge in [0, 0.05) is 22.2 Å². The summed E-state index contributed by atoms with van der Waals surface area (Å²) >= 11 is 0. The molecule has 118 valence electrons. The fourth-order valence-corrected chi connectivity index (χ4v) is 3.21. The van der Waals surface area contributed by atoms with Crippen LogP contribution in [0.4, 0.5) is 4.79 Å². The van der Waals surface area contributed by atoms with E-state index in [2.05, 4.69) is 36.2 Å². The van der Waals surface area contributed by atoms with Crippen molar-refractivity contribution in [2.24, 2.45) is 0 Å². The summed E-state index contributed by atoms with van der Waals surface area (Å²) in [5.41, 5.74) is 3.86. The second kappa shape index (κ2) is 6.40. The van der Waals surface area contributed by atoms with Crippen molar-refractivity contribution in [2.75, 3.05) is 32.8 Å². The van der Waals surface area contributed by atoms with E-state index in [1.165, 1.54) is 27.1 Å². The number of carbonyl (C=O) groups is 1. The molecule has 0 saturated carbocycles. The third-order valence-electron chi connectivity index (χ3n) is 4.45. The minimum atomic E-state index is -0.176. The molecule has 1 saturated heterocycles. The highest BCUT2D eigenvalue weighted by atomic mass is 16.6. The average Bonchev–Trinajstić information content (AvgIpc) is 2.84. The van der Waals surface area contributed by atoms with Gasteiger partial charge >= 0.3 is 6.09 Å². The lowest BCUT2D eigenvalue weighted by Crippen LogP contribution is -3.13. The molecule has 1 aliphatic rings. The van der Waals surface area contributed by atoms with E-state index >= 15 is 0 Å². The van der Waals surface area contributed by atoms with Gasteiger partial charge in [-0.05, 0) is 19.9 Å². The first-order valence-electron chi connectivity index (χ1n) is 8.00. The van der Waals surface area contributed by atoms with Crippen LogP contribution in [0.5, 0.6) is 0 Å². The predicted molar refractivity (Wildman–Crippen MR) is 86.0 cm³/mol. The van der Waals surface area contributed by atoms with Crippen molar-refractivity contribution in [1.82, 2.24) is 9.88 Å². The van der Waals surface area contributed by atoms with Crippen molar-refractivity contribution in [1.29, 1.82) is 0 Å². The predicted octanol–water partition coefficient (Wildman–Crippen LogP) is 1.33. The normalized spacial score (nSPS) is 16.2. The van der Waals surface area contributed by atoms with Crippen LogP contribution in [0.15, 0.2) is 24.3 Å². The maximum absolute atomic E-state index is 11.7. The molecule has 0 spiro atoms. The summed E-state index contributed by atoms with van der Waals surface area (Å²) in [6.45, 7) is 8.93. The van der Waals surface area contributed by atoms with Crippen molar-refractivity contribution in [2.45, 2.75) is 20.4 Å². The summed E-state index contributed by atoms with van der Waals surface area (Å²) in [5.74, 6) is 0. The number of amides is 1. The maximum atomic E-state index is 11.7. The number of nitrogens with zero attached hydrogens (tertiary/aromatic N) is 1. The molecule has 5 nitrogen and oxygen atoms in total. The molecule has 0 aliphatic carbocycles. The smallest absolute Gasteiger partial charge is 0.410 e. The molecule has 0 bridgehead atoms. The van der Waals surface area contributed by atoms with Gasteiger partial charge in [0.1, 0.15) is 6.54 Å². The number of hydrogen-bond acceptors (Lipinski definition) is 2. The number of hydrogen-bond donors (Lipinski definition) is 2. The lowest BCUT2D eigenvalue weighted by Gasteiger charge is -2.31. The molecule has 0 atom stereocenters. The van der Waals surface area contributed by atoms with Crippen LogP contribution in [0.1, 0.15) is 18.2 Å². The Hall–Kier alpha value is -2.01. The highest BCUT2D eigenvalue weighted by molar-refractivity contribution is 5.84. The second-order valence-electron chi connectivity index (χ2n) is 5.89. The Morgan fingerprint density at radius 1 is 1.32 bits per heavy atom. The Kier molecular flexibility index (Phi) is 4.34. The number of carbonyl (C=O) groups excluding carboxylic acids is 1. The van der Waals surface area contributed by atoms with Crippen LogP contribution in [-0.2, 0) is 11.3 Å². The van der Waals surface area contributed by atoms with E-state index in [0.29, 0.717) is 6.61 Å². The summed E-state index contributed by atoms with van der Waals surface area (Å²) in [7, 11) is 0. The molecule has 1 fully saturated rings. The number of aryl methyl sites for hydroxylation is 1. The van der Waals surface area contributed by atoms with Gasteiger partial charge in [-0.25, -0.2) is 4.79 Å². The number of fused-ring (bicyclic) bond motifs is 1. The van der Waals surface area contributed by atoms with Crippen molar-refractivity contribution in [3.05, 3.63) is 35.5 Å². The van der Waals surface area contributed by atoms with Crippen molar-refractivity contribution >= 4 is 17.0 Å². The number of benzene rings is 1. The van der Waals surface area contributed by atoms with Gasteiger partial charge in [0.2, 0.25) is 0 Å². The summed E-state index contributed by atoms with van der Waals surface area (Å²) in [6.07, 6.45) is -0.176. The molecular formula is C17H24N3O2+. The third-order valence-corrected chi connectivity index (χ3v) is 4.45. The molecule has 2 heterocycles. The van der Waals surface area contributed by atoms with Gasteiger partial charge < -0.3 is 14.6 Å². The topological polar surface area (TPSA) is 49.8 Å². The van der Waals surface area contributed by atoms with E-state index in [1.807, 2.05) is 11.8 Å². The second-order valence-corrected chi connectivity index (χ2v) is 5.89. The van der Waals surface area contributed by atoms with Gasteiger partial charge in [-0.15, -0.1) is 0 Å². The zero-order chi connectivity index (χ0) is 15.5. The van der Waals surface area contributed by atoms with Crippen molar-refractivity contribution in [3.8, 4) is 0 Å². The van der Waals surface area contributed by atoms with Gasteiger partial charge in [0.25, 0.3) is 0 Å². The average molecular weight is 302 g/mol. The number of H-pyrrole nitrogens is 1. The van der Waals surface area contributed by atoms with Crippen LogP contribution in [0.2, 0.25) is 0 Å². The zero-order valence-corrected chi connectivity index (χ0v) is 13.3. The number of nitrogens with one attached hydrogen (secondary N) is 2. The molecule has 0 unspecified atom stereocenters. The van der Waals surface area contributed by atoms with Crippen LogP contribution < -0.4 is 4.90 Å². The van der Waals surface area contributed by atoms with Gasteiger partial charge in [0.15, 0.2) is 0 Å². The molecule has 1 aliphatic heterocycles. The largest absolute Gasteiger partial charge is 0.450 e. The molecule has 2 aromatic rings. The lowest BCUT2D eigenvalue weighted by atomic mass is 10.1. The van der Waals surface area contributed by atoms with E-state index in [0.717, 1.165) is 32.7 Å². The summed E-state index contributed by atoms with van der Waals surface area (Å²) in [5, 5.41) is 1.32. The minimum absolute atomic E-state index is 0.176. The Morgan fingerprint density at radius 3 is 2.77 bits per heavy atom. The summed E-state index contributed by atoms with van der Waals surface area (Å²) in [4.78, 5) is 18.5. The third kappa shape index (κ3) is 2.95. The quantitative estimate of drug-likeness (QED) is 0.899. The first kappa shape index (κ1) is 14.9. The fraction of sp³-hybridized carbons (Fsp3) is 0.471.